The number of rotatable bonds is 2. The minimum Gasteiger partial charge on any atom is -0.464 e. The molecule has 0 radical (unpaired) electrons. The van der Waals surface area contributed by atoms with Crippen molar-refractivity contribution in [2.45, 2.75) is 37.1 Å². The SMILES string of the molecule is CCC[C@@H]1COC(=O)[C@](C)(Br)[C@H]1O. The van der Waals surface area contributed by atoms with Crippen molar-refractivity contribution < 1.29 is 14.6 Å². The third-order valence-electron chi connectivity index (χ3n) is 2.49. The molecule has 4 heteroatoms. The largest absolute Gasteiger partial charge is 0.464 e. The Morgan fingerprint density at radius 1 is 1.77 bits per heavy atom. The van der Waals surface area contributed by atoms with Crippen molar-refractivity contribution in [2.75, 3.05) is 6.61 Å². The summed E-state index contributed by atoms with van der Waals surface area (Å²) in [5, 5.41) is 9.85. The van der Waals surface area contributed by atoms with Gasteiger partial charge in [-0.2, -0.15) is 0 Å². The van der Waals surface area contributed by atoms with E-state index in [-0.39, 0.29) is 11.9 Å². The number of aliphatic hydroxyl groups is 1. The van der Waals surface area contributed by atoms with Gasteiger partial charge in [0, 0.05) is 5.92 Å². The fourth-order valence-corrected chi connectivity index (χ4v) is 2.08. The van der Waals surface area contributed by atoms with Crippen LogP contribution in [0.15, 0.2) is 0 Å². The molecule has 0 aromatic rings. The molecule has 1 saturated heterocycles. The lowest BCUT2D eigenvalue weighted by Crippen LogP contribution is -2.52. The van der Waals surface area contributed by atoms with E-state index >= 15 is 0 Å². The van der Waals surface area contributed by atoms with E-state index in [1.165, 1.54) is 0 Å². The maximum atomic E-state index is 11.2. The van der Waals surface area contributed by atoms with Crippen LogP contribution < -0.4 is 0 Å². The molecule has 1 N–H and O–H groups in total. The van der Waals surface area contributed by atoms with E-state index in [0.717, 1.165) is 12.8 Å². The average molecular weight is 251 g/mol. The first kappa shape index (κ1) is 11.0. The highest BCUT2D eigenvalue weighted by atomic mass is 79.9. The predicted octanol–water partition coefficient (Wildman–Crippen LogP) is 1.47. The second-order valence-electron chi connectivity index (χ2n) is 3.67. The number of carbonyl (C=O) groups is 1. The van der Waals surface area contributed by atoms with Crippen molar-refractivity contribution in [1.82, 2.24) is 0 Å². The van der Waals surface area contributed by atoms with Gasteiger partial charge in [-0.3, -0.25) is 4.79 Å². The third-order valence-corrected chi connectivity index (χ3v) is 3.28. The van der Waals surface area contributed by atoms with Crippen LogP contribution in [0.25, 0.3) is 0 Å². The molecule has 0 unspecified atom stereocenters. The summed E-state index contributed by atoms with van der Waals surface area (Å²) in [6, 6.07) is 0. The fraction of sp³-hybridized carbons (Fsp3) is 0.889. The standard InChI is InChI=1S/C9H15BrO3/c1-3-4-6-5-13-8(12)9(2,10)7(6)11/h6-7,11H,3-5H2,1-2H3/t6-,7+,9-/m1/s1. The van der Waals surface area contributed by atoms with Crippen LogP contribution in [0, 0.1) is 5.92 Å². The number of carbonyl (C=O) groups excluding carboxylic acids is 1. The molecule has 1 aliphatic heterocycles. The van der Waals surface area contributed by atoms with Crippen LogP contribution in [0.1, 0.15) is 26.7 Å². The fourth-order valence-electron chi connectivity index (χ4n) is 1.59. The Morgan fingerprint density at radius 2 is 2.38 bits per heavy atom. The van der Waals surface area contributed by atoms with Gasteiger partial charge in [-0.15, -0.1) is 0 Å². The van der Waals surface area contributed by atoms with Gasteiger partial charge in [-0.1, -0.05) is 29.3 Å². The molecule has 3 nitrogen and oxygen atoms in total. The first-order valence-electron chi connectivity index (χ1n) is 4.54. The van der Waals surface area contributed by atoms with E-state index in [1.807, 2.05) is 0 Å². The van der Waals surface area contributed by atoms with Gasteiger partial charge in [0.05, 0.1) is 12.7 Å². The van der Waals surface area contributed by atoms with E-state index in [0.29, 0.717) is 6.61 Å². The van der Waals surface area contributed by atoms with E-state index in [4.69, 9.17) is 4.74 Å². The zero-order valence-electron chi connectivity index (χ0n) is 7.92. The van der Waals surface area contributed by atoms with Crippen molar-refractivity contribution in [3.63, 3.8) is 0 Å². The van der Waals surface area contributed by atoms with Gasteiger partial charge in [0.1, 0.15) is 4.32 Å². The Labute approximate surface area is 86.6 Å². The summed E-state index contributed by atoms with van der Waals surface area (Å²) < 4.78 is 4.06. The maximum absolute atomic E-state index is 11.2. The lowest BCUT2D eigenvalue weighted by molar-refractivity contribution is -0.161. The third kappa shape index (κ3) is 2.05. The maximum Gasteiger partial charge on any atom is 0.325 e. The van der Waals surface area contributed by atoms with Crippen molar-refractivity contribution in [1.29, 1.82) is 0 Å². The van der Waals surface area contributed by atoms with Crippen LogP contribution in [0.5, 0.6) is 0 Å². The molecule has 1 aliphatic rings. The molecule has 76 valence electrons. The van der Waals surface area contributed by atoms with E-state index < -0.39 is 10.4 Å². The quantitative estimate of drug-likeness (QED) is 0.597. The highest BCUT2D eigenvalue weighted by Crippen LogP contribution is 2.34. The Balaban J connectivity index is 2.70. The Morgan fingerprint density at radius 3 is 2.92 bits per heavy atom. The number of hydrogen-bond acceptors (Lipinski definition) is 3. The van der Waals surface area contributed by atoms with Crippen LogP contribution >= 0.6 is 15.9 Å². The molecule has 3 atom stereocenters. The van der Waals surface area contributed by atoms with Crippen molar-refractivity contribution >= 4 is 21.9 Å². The molecule has 1 rings (SSSR count). The first-order valence-corrected chi connectivity index (χ1v) is 5.33. The number of cyclic esters (lactones) is 1. The molecule has 0 aliphatic carbocycles. The lowest BCUT2D eigenvalue weighted by Gasteiger charge is -2.37. The van der Waals surface area contributed by atoms with Gasteiger partial charge in [-0.05, 0) is 13.3 Å². The molecular formula is C9H15BrO3. The van der Waals surface area contributed by atoms with E-state index in [1.54, 1.807) is 6.92 Å². The summed E-state index contributed by atoms with van der Waals surface area (Å²) >= 11 is 3.21. The zero-order valence-corrected chi connectivity index (χ0v) is 9.50. The van der Waals surface area contributed by atoms with Crippen LogP contribution in [-0.4, -0.2) is 28.1 Å². The minimum atomic E-state index is -0.926. The van der Waals surface area contributed by atoms with Crippen LogP contribution in [0.3, 0.4) is 0 Å². The Hall–Kier alpha value is -0.0900. The van der Waals surface area contributed by atoms with Gasteiger partial charge in [0.25, 0.3) is 0 Å². The molecule has 13 heavy (non-hydrogen) atoms. The van der Waals surface area contributed by atoms with Crippen molar-refractivity contribution in [3.8, 4) is 0 Å². The highest BCUT2D eigenvalue weighted by molar-refractivity contribution is 9.10. The normalized spacial score (nSPS) is 40.2. The molecule has 0 aromatic heterocycles. The summed E-state index contributed by atoms with van der Waals surface area (Å²) in [5.74, 6) is -0.306. The molecule has 0 spiro atoms. The van der Waals surface area contributed by atoms with Gasteiger partial charge in [-0.25, -0.2) is 0 Å². The molecule has 0 amide bonds. The van der Waals surface area contributed by atoms with Crippen LogP contribution in [0.4, 0.5) is 0 Å². The summed E-state index contributed by atoms with van der Waals surface area (Å²) in [7, 11) is 0. The molecule has 1 fully saturated rings. The summed E-state index contributed by atoms with van der Waals surface area (Å²) in [4.78, 5) is 11.2. The Kier molecular flexibility index (Phi) is 3.35. The summed E-state index contributed by atoms with van der Waals surface area (Å²) in [5.41, 5.74) is 0. The van der Waals surface area contributed by atoms with E-state index in [9.17, 15) is 9.90 Å². The van der Waals surface area contributed by atoms with Gasteiger partial charge >= 0.3 is 5.97 Å². The van der Waals surface area contributed by atoms with E-state index in [2.05, 4.69) is 22.9 Å². The number of alkyl halides is 1. The molecule has 0 bridgehead atoms. The first-order chi connectivity index (χ1) is 6.00. The smallest absolute Gasteiger partial charge is 0.325 e. The number of ether oxygens (including phenoxy) is 1. The number of halogens is 1. The predicted molar refractivity (Wildman–Crippen MR) is 52.7 cm³/mol. The molecule has 1 heterocycles. The average Bonchev–Trinajstić information content (AvgIpc) is 2.08. The number of aliphatic hydroxyl groups excluding tert-OH is 1. The molecule has 0 saturated carbocycles. The van der Waals surface area contributed by atoms with Gasteiger partial charge in [0.15, 0.2) is 0 Å². The molecule has 0 aromatic carbocycles. The van der Waals surface area contributed by atoms with Gasteiger partial charge < -0.3 is 9.84 Å². The van der Waals surface area contributed by atoms with Crippen molar-refractivity contribution in [3.05, 3.63) is 0 Å². The van der Waals surface area contributed by atoms with Crippen molar-refractivity contribution in [2.24, 2.45) is 5.92 Å². The minimum absolute atomic E-state index is 0.0621. The topological polar surface area (TPSA) is 46.5 Å². The monoisotopic (exact) mass is 250 g/mol. The van der Waals surface area contributed by atoms with Crippen LogP contribution in [-0.2, 0) is 9.53 Å². The Bertz CT molecular complexity index is 203. The highest BCUT2D eigenvalue weighted by Gasteiger charge is 2.47. The van der Waals surface area contributed by atoms with Gasteiger partial charge in [0.2, 0.25) is 0 Å². The summed E-state index contributed by atoms with van der Waals surface area (Å²) in [6.45, 7) is 4.05. The zero-order chi connectivity index (χ0) is 10.1. The molecular weight excluding hydrogens is 236 g/mol. The number of hydrogen-bond donors (Lipinski definition) is 1. The van der Waals surface area contributed by atoms with Crippen LogP contribution in [0.2, 0.25) is 0 Å². The number of esters is 1. The second-order valence-corrected chi connectivity index (χ2v) is 5.31. The summed E-state index contributed by atoms with van der Waals surface area (Å²) in [6.07, 6.45) is 1.23. The lowest BCUT2D eigenvalue weighted by atomic mass is 9.87. The second kappa shape index (κ2) is 3.96.